The van der Waals surface area contributed by atoms with Crippen molar-refractivity contribution in [3.05, 3.63) is 64.7 Å². The molecule has 4 atom stereocenters. The number of carbonyl (C=O) groups excluding carboxylic acids is 1. The predicted octanol–water partition coefficient (Wildman–Crippen LogP) is 5.84. The molecule has 5 nitrogen and oxygen atoms in total. The molecule has 2 unspecified atom stereocenters. The fourth-order valence-corrected chi connectivity index (χ4v) is 6.74. The van der Waals surface area contributed by atoms with Crippen molar-refractivity contribution in [3.8, 4) is 5.75 Å². The molecular weight excluding hydrogens is 460 g/mol. The van der Waals surface area contributed by atoms with Crippen LogP contribution in [0.3, 0.4) is 0 Å². The lowest BCUT2D eigenvalue weighted by Gasteiger charge is -2.39. The van der Waals surface area contributed by atoms with Crippen LogP contribution in [0.25, 0.3) is 0 Å². The molecule has 1 heterocycles. The van der Waals surface area contributed by atoms with E-state index in [0.29, 0.717) is 23.6 Å². The van der Waals surface area contributed by atoms with Gasteiger partial charge < -0.3 is 20.1 Å². The standard InChI is InChI=1S/C32H44N2O3/c1-22-15-28(19-32(2,3)18-22)33-20-23-6-7-26-17-27(11-8-25(26)16-23)34-31(35)24-9-12-29(13-10-24)37-21-30-5-4-14-36-30/h6-7,9-10,12-13,16,22,27-28,30,33H,4-5,8,11,14-15,17-21H2,1-3H3,(H,34,35)/t22?,27-,28?,30-/m0/s1. The monoisotopic (exact) mass is 504 g/mol. The van der Waals surface area contributed by atoms with Gasteiger partial charge in [-0.3, -0.25) is 4.79 Å². The Morgan fingerprint density at radius 3 is 2.65 bits per heavy atom. The molecule has 1 amide bonds. The summed E-state index contributed by atoms with van der Waals surface area (Å²) in [6, 6.07) is 15.2. The van der Waals surface area contributed by atoms with Gasteiger partial charge in [0.2, 0.25) is 0 Å². The van der Waals surface area contributed by atoms with E-state index in [4.69, 9.17) is 9.47 Å². The van der Waals surface area contributed by atoms with Crippen LogP contribution in [0.4, 0.5) is 0 Å². The number of ether oxygens (including phenoxy) is 2. The lowest BCUT2D eigenvalue weighted by atomic mass is 9.70. The Balaban J connectivity index is 1.10. The molecule has 0 aromatic heterocycles. The van der Waals surface area contributed by atoms with Gasteiger partial charge in [0.15, 0.2) is 0 Å². The minimum Gasteiger partial charge on any atom is -0.491 e. The number of hydrogen-bond donors (Lipinski definition) is 2. The third-order valence-electron chi connectivity index (χ3n) is 8.39. The van der Waals surface area contributed by atoms with Crippen LogP contribution >= 0.6 is 0 Å². The van der Waals surface area contributed by atoms with E-state index in [1.54, 1.807) is 0 Å². The normalized spacial score (nSPS) is 26.9. The second-order valence-electron chi connectivity index (χ2n) is 12.5. The first kappa shape index (κ1) is 26.2. The van der Waals surface area contributed by atoms with Gasteiger partial charge in [0, 0.05) is 30.8 Å². The molecule has 2 aromatic carbocycles. The summed E-state index contributed by atoms with van der Waals surface area (Å²) < 4.78 is 11.4. The lowest BCUT2D eigenvalue weighted by molar-refractivity contribution is 0.0679. The van der Waals surface area contributed by atoms with Gasteiger partial charge in [-0.25, -0.2) is 0 Å². The van der Waals surface area contributed by atoms with Crippen LogP contribution in [-0.4, -0.2) is 37.3 Å². The van der Waals surface area contributed by atoms with Crippen LogP contribution in [0.5, 0.6) is 5.75 Å². The third-order valence-corrected chi connectivity index (χ3v) is 8.39. The maximum Gasteiger partial charge on any atom is 0.251 e. The van der Waals surface area contributed by atoms with E-state index in [0.717, 1.165) is 56.9 Å². The average molecular weight is 505 g/mol. The van der Waals surface area contributed by atoms with E-state index in [1.165, 1.54) is 36.0 Å². The fourth-order valence-electron chi connectivity index (χ4n) is 6.74. The maximum absolute atomic E-state index is 12.9. The number of aryl methyl sites for hydroxylation is 1. The molecule has 2 N–H and O–H groups in total. The molecule has 1 aliphatic heterocycles. The molecule has 200 valence electrons. The van der Waals surface area contributed by atoms with Gasteiger partial charge in [-0.2, -0.15) is 0 Å². The van der Waals surface area contributed by atoms with Crippen LogP contribution in [0.1, 0.15) is 86.3 Å². The van der Waals surface area contributed by atoms with Crippen LogP contribution in [0, 0.1) is 11.3 Å². The molecule has 3 aliphatic rings. The average Bonchev–Trinajstić information content (AvgIpc) is 3.39. The summed E-state index contributed by atoms with van der Waals surface area (Å²) >= 11 is 0. The van der Waals surface area contributed by atoms with Crippen LogP contribution in [-0.2, 0) is 24.1 Å². The van der Waals surface area contributed by atoms with Crippen LogP contribution < -0.4 is 15.4 Å². The van der Waals surface area contributed by atoms with E-state index in [1.807, 2.05) is 24.3 Å². The molecule has 0 radical (unpaired) electrons. The highest BCUT2D eigenvalue weighted by Gasteiger charge is 2.31. The Morgan fingerprint density at radius 2 is 1.89 bits per heavy atom. The number of rotatable bonds is 8. The van der Waals surface area contributed by atoms with E-state index < -0.39 is 0 Å². The summed E-state index contributed by atoms with van der Waals surface area (Å²) in [5.41, 5.74) is 5.29. The summed E-state index contributed by atoms with van der Waals surface area (Å²) in [5, 5.41) is 7.09. The molecule has 1 saturated heterocycles. The zero-order valence-electron chi connectivity index (χ0n) is 22.9. The molecule has 2 aromatic rings. The number of benzene rings is 2. The van der Waals surface area contributed by atoms with Crippen LogP contribution in [0.15, 0.2) is 42.5 Å². The first-order valence-corrected chi connectivity index (χ1v) is 14.3. The summed E-state index contributed by atoms with van der Waals surface area (Å²) in [6.45, 7) is 9.54. The van der Waals surface area contributed by atoms with Gasteiger partial charge in [0.1, 0.15) is 12.4 Å². The van der Waals surface area contributed by atoms with Crippen LogP contribution in [0.2, 0.25) is 0 Å². The highest BCUT2D eigenvalue weighted by atomic mass is 16.5. The van der Waals surface area contributed by atoms with Gasteiger partial charge in [-0.15, -0.1) is 0 Å². The Kier molecular flexibility index (Phi) is 8.21. The smallest absolute Gasteiger partial charge is 0.251 e. The molecule has 5 heteroatoms. The van der Waals surface area contributed by atoms with Gasteiger partial charge >= 0.3 is 0 Å². The summed E-state index contributed by atoms with van der Waals surface area (Å²) in [4.78, 5) is 12.9. The summed E-state index contributed by atoms with van der Waals surface area (Å²) in [5.74, 6) is 1.56. The first-order valence-electron chi connectivity index (χ1n) is 14.3. The molecule has 2 fully saturated rings. The second-order valence-corrected chi connectivity index (χ2v) is 12.5. The highest BCUT2D eigenvalue weighted by molar-refractivity contribution is 5.94. The zero-order valence-corrected chi connectivity index (χ0v) is 22.9. The molecule has 37 heavy (non-hydrogen) atoms. The molecule has 0 bridgehead atoms. The Labute approximate surface area is 222 Å². The number of nitrogens with one attached hydrogen (secondary N) is 2. The van der Waals surface area contributed by atoms with Gasteiger partial charge in [-0.05, 0) is 104 Å². The Morgan fingerprint density at radius 1 is 1.05 bits per heavy atom. The fraction of sp³-hybridized carbons (Fsp3) is 0.594. The third kappa shape index (κ3) is 7.14. The molecular formula is C32H44N2O3. The summed E-state index contributed by atoms with van der Waals surface area (Å²) in [6.07, 6.45) is 9.11. The Bertz CT molecular complexity index is 1060. The van der Waals surface area contributed by atoms with Crippen molar-refractivity contribution in [3.63, 3.8) is 0 Å². The lowest BCUT2D eigenvalue weighted by Crippen LogP contribution is -2.40. The number of amides is 1. The van der Waals surface area contributed by atoms with E-state index in [-0.39, 0.29) is 18.1 Å². The van der Waals surface area contributed by atoms with Crippen molar-refractivity contribution in [2.24, 2.45) is 11.3 Å². The van der Waals surface area contributed by atoms with Gasteiger partial charge in [0.25, 0.3) is 5.91 Å². The van der Waals surface area contributed by atoms with Crippen molar-refractivity contribution in [1.82, 2.24) is 10.6 Å². The van der Waals surface area contributed by atoms with E-state index >= 15 is 0 Å². The summed E-state index contributed by atoms with van der Waals surface area (Å²) in [7, 11) is 0. The van der Waals surface area contributed by atoms with E-state index in [2.05, 4.69) is 49.6 Å². The van der Waals surface area contributed by atoms with Crippen molar-refractivity contribution in [1.29, 1.82) is 0 Å². The number of carbonyl (C=O) groups is 1. The number of hydrogen-bond acceptors (Lipinski definition) is 4. The highest BCUT2D eigenvalue weighted by Crippen LogP contribution is 2.38. The van der Waals surface area contributed by atoms with E-state index in [9.17, 15) is 4.79 Å². The molecule has 0 spiro atoms. The predicted molar refractivity (Wildman–Crippen MR) is 148 cm³/mol. The largest absolute Gasteiger partial charge is 0.491 e. The van der Waals surface area contributed by atoms with Gasteiger partial charge in [0.05, 0.1) is 6.10 Å². The molecule has 5 rings (SSSR count). The number of fused-ring (bicyclic) bond motifs is 1. The zero-order chi connectivity index (χ0) is 25.8. The minimum absolute atomic E-state index is 0.00965. The first-order chi connectivity index (χ1) is 17.8. The molecule has 1 saturated carbocycles. The van der Waals surface area contributed by atoms with Gasteiger partial charge in [-0.1, -0.05) is 39.0 Å². The van der Waals surface area contributed by atoms with Crippen molar-refractivity contribution in [2.75, 3.05) is 13.2 Å². The van der Waals surface area contributed by atoms with Crippen molar-refractivity contribution in [2.45, 2.75) is 96.9 Å². The second kappa shape index (κ2) is 11.6. The topological polar surface area (TPSA) is 59.6 Å². The SMILES string of the molecule is CC1CC(NCc2ccc3c(c2)CC[C@H](NC(=O)c2ccc(OC[C@@H]4CCCO4)cc2)C3)CC(C)(C)C1. The Hall–Kier alpha value is -2.37. The van der Waals surface area contributed by atoms with Crippen molar-refractivity contribution < 1.29 is 14.3 Å². The maximum atomic E-state index is 12.9. The minimum atomic E-state index is -0.00965. The quantitative estimate of drug-likeness (QED) is 0.474. The molecule has 2 aliphatic carbocycles. The van der Waals surface area contributed by atoms with Crippen molar-refractivity contribution >= 4 is 5.91 Å².